The molecule has 3 N–H and O–H groups in total. The number of Topliss-reactive ketones (excluding diaryl/α,β-unsaturated/α-hetero) is 2. The van der Waals surface area contributed by atoms with Crippen LogP contribution in [0.4, 0.5) is 4.79 Å². The molecule has 4 bridgehead atoms. The highest BCUT2D eigenvalue weighted by Gasteiger charge is 2.70. The molecular formula is C34H52N4O5. The van der Waals surface area contributed by atoms with E-state index in [-0.39, 0.29) is 40.6 Å². The van der Waals surface area contributed by atoms with Crippen molar-refractivity contribution < 1.29 is 24.0 Å². The van der Waals surface area contributed by atoms with Gasteiger partial charge in [0.15, 0.2) is 5.78 Å². The maximum absolute atomic E-state index is 14.3. The van der Waals surface area contributed by atoms with Gasteiger partial charge in [-0.3, -0.25) is 19.2 Å². The van der Waals surface area contributed by atoms with Crippen LogP contribution in [0.15, 0.2) is 0 Å². The summed E-state index contributed by atoms with van der Waals surface area (Å²) in [5.41, 5.74) is -0.866. The highest BCUT2D eigenvalue weighted by Crippen LogP contribution is 2.65. The van der Waals surface area contributed by atoms with Gasteiger partial charge in [0.2, 0.25) is 17.6 Å². The lowest BCUT2D eigenvalue weighted by molar-refractivity contribution is -0.145. The zero-order chi connectivity index (χ0) is 31.1. The molecule has 6 aliphatic carbocycles. The molecule has 6 saturated carbocycles. The van der Waals surface area contributed by atoms with Gasteiger partial charge in [0.25, 0.3) is 0 Å². The first kappa shape index (κ1) is 30.6. The van der Waals surface area contributed by atoms with E-state index in [0.717, 1.165) is 38.5 Å². The molecule has 43 heavy (non-hydrogen) atoms. The van der Waals surface area contributed by atoms with Crippen LogP contribution in [0.5, 0.6) is 0 Å². The van der Waals surface area contributed by atoms with Crippen LogP contribution in [0.3, 0.4) is 0 Å². The fraction of sp³-hybridized carbons (Fsp3) is 0.853. The van der Waals surface area contributed by atoms with Crippen LogP contribution in [-0.2, 0) is 19.2 Å². The number of likely N-dealkylation sites (tertiary alicyclic amines) is 1. The molecular weight excluding hydrogens is 544 g/mol. The first-order chi connectivity index (χ1) is 20.1. The Morgan fingerprint density at radius 3 is 1.98 bits per heavy atom. The normalized spacial score (nSPS) is 36.7. The summed E-state index contributed by atoms with van der Waals surface area (Å²) in [7, 11) is 0. The molecule has 5 atom stereocenters. The van der Waals surface area contributed by atoms with Gasteiger partial charge in [0.1, 0.15) is 12.1 Å². The fourth-order valence-electron chi connectivity index (χ4n) is 10.1. The molecule has 0 aromatic rings. The largest absolute Gasteiger partial charge is 0.344 e. The SMILES string of the molecule is CC(=O)C(=O)[C@@H](CC1CCC1)NC(=O)[C@@H]1[C@@H]2[C@H](CN1C(=O)[C@@H](NC(=O)NC13CC4CC(CC(C4)C1)C3)C(C)(C)C)C2(C)C. The van der Waals surface area contributed by atoms with Gasteiger partial charge in [-0.15, -0.1) is 0 Å². The summed E-state index contributed by atoms with van der Waals surface area (Å²) in [5, 5.41) is 9.33. The topological polar surface area (TPSA) is 125 Å². The van der Waals surface area contributed by atoms with E-state index in [9.17, 15) is 24.0 Å². The molecule has 9 nitrogen and oxygen atoms in total. The van der Waals surface area contributed by atoms with E-state index < -0.39 is 35.1 Å². The van der Waals surface area contributed by atoms with Crippen LogP contribution in [0.25, 0.3) is 0 Å². The summed E-state index contributed by atoms with van der Waals surface area (Å²) in [6, 6.07) is -2.72. The molecule has 0 unspecified atom stereocenters. The molecule has 7 aliphatic rings. The lowest BCUT2D eigenvalue weighted by Gasteiger charge is -2.56. The quantitative estimate of drug-likeness (QED) is 0.347. The van der Waals surface area contributed by atoms with Gasteiger partial charge in [0, 0.05) is 19.0 Å². The minimum atomic E-state index is -0.865. The fourth-order valence-corrected chi connectivity index (χ4v) is 10.1. The number of hydrogen-bond acceptors (Lipinski definition) is 5. The van der Waals surface area contributed by atoms with E-state index in [2.05, 4.69) is 29.8 Å². The maximum Gasteiger partial charge on any atom is 0.315 e. The van der Waals surface area contributed by atoms with E-state index in [0.29, 0.717) is 36.6 Å². The minimum Gasteiger partial charge on any atom is -0.344 e. The summed E-state index contributed by atoms with van der Waals surface area (Å²) in [6.45, 7) is 11.8. The van der Waals surface area contributed by atoms with Crippen molar-refractivity contribution in [3.63, 3.8) is 0 Å². The lowest BCUT2D eigenvalue weighted by Crippen LogP contribution is -2.65. The van der Waals surface area contributed by atoms with Crippen LogP contribution in [0.1, 0.15) is 106 Å². The van der Waals surface area contributed by atoms with Crippen LogP contribution in [0, 0.1) is 46.3 Å². The van der Waals surface area contributed by atoms with Crippen LogP contribution in [0.2, 0.25) is 0 Å². The Morgan fingerprint density at radius 1 is 0.907 bits per heavy atom. The van der Waals surface area contributed by atoms with Gasteiger partial charge in [-0.25, -0.2) is 4.79 Å². The standard InChI is InChI=1S/C34H52N4O5/c1-18(39)27(40)24(13-19-8-7-9-19)35-29(41)26-25-23(33(25,5)6)17-38(26)30(42)28(32(2,3)4)36-31(43)37-34-14-20-10-21(15-34)12-22(11-20)16-34/h19-26,28H,7-17H2,1-6H3,(H,35,41)(H2,36,37,43)/t20?,21?,22?,23-,24+,25-,26-,28+,34?/m0/s1. The smallest absolute Gasteiger partial charge is 0.315 e. The summed E-state index contributed by atoms with van der Waals surface area (Å²) < 4.78 is 0. The second kappa shape index (κ2) is 10.6. The molecule has 1 heterocycles. The van der Waals surface area contributed by atoms with Crippen LogP contribution in [-0.4, -0.2) is 64.5 Å². The van der Waals surface area contributed by atoms with Gasteiger partial charge in [-0.05, 0) is 91.3 Å². The Kier molecular flexibility index (Phi) is 7.52. The van der Waals surface area contributed by atoms with Crippen molar-refractivity contribution in [3.05, 3.63) is 0 Å². The molecule has 0 aromatic heterocycles. The first-order valence-corrected chi connectivity index (χ1v) is 16.8. The predicted octanol–water partition coefficient (Wildman–Crippen LogP) is 3.99. The van der Waals surface area contributed by atoms with E-state index >= 15 is 0 Å². The summed E-state index contributed by atoms with van der Waals surface area (Å²) in [5.74, 6) is 0.768. The molecule has 0 spiro atoms. The van der Waals surface area contributed by atoms with E-state index in [1.54, 1.807) is 4.90 Å². The minimum absolute atomic E-state index is 0.0327. The number of urea groups is 1. The highest BCUT2D eigenvalue weighted by atomic mass is 16.2. The molecule has 238 valence electrons. The molecule has 0 radical (unpaired) electrons. The van der Waals surface area contributed by atoms with Gasteiger partial charge >= 0.3 is 6.03 Å². The third-order valence-electron chi connectivity index (χ3n) is 12.3. The average Bonchev–Trinajstić information content (AvgIpc) is 3.18. The van der Waals surface area contributed by atoms with E-state index in [1.165, 1.54) is 26.2 Å². The number of rotatable bonds is 9. The maximum atomic E-state index is 14.3. The van der Waals surface area contributed by atoms with E-state index in [4.69, 9.17) is 0 Å². The Hall–Kier alpha value is -2.45. The van der Waals surface area contributed by atoms with Gasteiger partial charge in [-0.1, -0.05) is 53.9 Å². The summed E-state index contributed by atoms with van der Waals surface area (Å²) >= 11 is 0. The highest BCUT2D eigenvalue weighted by molar-refractivity contribution is 6.38. The van der Waals surface area contributed by atoms with Gasteiger partial charge in [0.05, 0.1) is 6.04 Å². The lowest BCUT2D eigenvalue weighted by atomic mass is 9.53. The Balaban J connectivity index is 1.18. The number of carbonyl (C=O) groups is 5. The van der Waals surface area contributed by atoms with Crippen LogP contribution >= 0.6 is 0 Å². The Bertz CT molecular complexity index is 1160. The molecule has 7 fully saturated rings. The number of carbonyl (C=O) groups excluding carboxylic acids is 5. The monoisotopic (exact) mass is 596 g/mol. The third kappa shape index (κ3) is 5.63. The van der Waals surface area contributed by atoms with Crippen LogP contribution < -0.4 is 16.0 Å². The number of nitrogens with one attached hydrogen (secondary N) is 3. The van der Waals surface area contributed by atoms with Crippen molar-refractivity contribution in [1.29, 1.82) is 0 Å². The van der Waals surface area contributed by atoms with Crippen molar-refractivity contribution in [2.24, 2.45) is 46.3 Å². The number of nitrogens with zero attached hydrogens (tertiary/aromatic N) is 1. The number of hydrogen-bond donors (Lipinski definition) is 3. The molecule has 7 rings (SSSR count). The van der Waals surface area contributed by atoms with Crippen molar-refractivity contribution >= 4 is 29.4 Å². The van der Waals surface area contributed by atoms with Gasteiger partial charge in [-0.2, -0.15) is 0 Å². The molecule has 1 saturated heterocycles. The summed E-state index contributed by atoms with van der Waals surface area (Å²) in [4.78, 5) is 68.4. The molecule has 0 aromatic carbocycles. The number of ketones is 2. The number of piperidine rings is 1. The Labute approximate surface area is 256 Å². The predicted molar refractivity (Wildman–Crippen MR) is 162 cm³/mol. The van der Waals surface area contributed by atoms with Crippen molar-refractivity contribution in [1.82, 2.24) is 20.9 Å². The first-order valence-electron chi connectivity index (χ1n) is 16.8. The number of amides is 4. The van der Waals surface area contributed by atoms with Gasteiger partial charge < -0.3 is 20.9 Å². The summed E-state index contributed by atoms with van der Waals surface area (Å²) in [6.07, 6.45) is 10.4. The zero-order valence-corrected chi connectivity index (χ0v) is 27.0. The zero-order valence-electron chi connectivity index (χ0n) is 27.0. The molecule has 9 heteroatoms. The second-order valence-corrected chi connectivity index (χ2v) is 17.0. The van der Waals surface area contributed by atoms with Crippen molar-refractivity contribution in [2.45, 2.75) is 129 Å². The second-order valence-electron chi connectivity index (χ2n) is 17.0. The molecule has 4 amide bonds. The average molecular weight is 597 g/mol. The number of fused-ring (bicyclic) bond motifs is 1. The Morgan fingerprint density at radius 2 is 1.49 bits per heavy atom. The van der Waals surface area contributed by atoms with E-state index in [1.807, 2.05) is 20.8 Å². The van der Waals surface area contributed by atoms with Crippen molar-refractivity contribution in [2.75, 3.05) is 6.54 Å². The third-order valence-corrected chi connectivity index (χ3v) is 12.3. The molecule has 1 aliphatic heterocycles. The van der Waals surface area contributed by atoms with Crippen molar-refractivity contribution in [3.8, 4) is 0 Å².